The van der Waals surface area contributed by atoms with Crippen LogP contribution in [0.1, 0.15) is 6.92 Å². The Bertz CT molecular complexity index is 668. The maximum absolute atomic E-state index is 11.6. The molecule has 0 bridgehead atoms. The summed E-state index contributed by atoms with van der Waals surface area (Å²) in [5.74, 6) is 0.600. The summed E-state index contributed by atoms with van der Waals surface area (Å²) in [6.07, 6.45) is 1.62. The molecule has 0 aliphatic heterocycles. The Labute approximate surface area is 106 Å². The number of anilines is 1. The summed E-state index contributed by atoms with van der Waals surface area (Å²) in [6.45, 7) is 1.58. The van der Waals surface area contributed by atoms with Crippen LogP contribution in [0.15, 0.2) is 30.5 Å². The molecule has 0 atom stereocenters. The van der Waals surface area contributed by atoms with Gasteiger partial charge < -0.3 is 4.74 Å². The lowest BCUT2D eigenvalue weighted by Crippen LogP contribution is -2.15. The zero-order chi connectivity index (χ0) is 13.2. The van der Waals surface area contributed by atoms with Crippen LogP contribution in [0.4, 0.5) is 5.69 Å². The fourth-order valence-corrected chi connectivity index (χ4v) is 2.24. The zero-order valence-electron chi connectivity index (χ0n) is 10.2. The van der Waals surface area contributed by atoms with Crippen LogP contribution in [0.3, 0.4) is 0 Å². The Morgan fingerprint density at radius 3 is 2.83 bits per heavy atom. The molecule has 0 fully saturated rings. The Balaban J connectivity index is 2.61. The number of methoxy groups -OCH3 is 1. The number of nitrogens with zero attached hydrogens (tertiary/aromatic N) is 1. The second kappa shape index (κ2) is 4.81. The molecule has 5 nitrogen and oxygen atoms in total. The topological polar surface area (TPSA) is 68.3 Å². The molecule has 0 spiro atoms. The van der Waals surface area contributed by atoms with Crippen LogP contribution in [-0.4, -0.2) is 26.3 Å². The number of hydrogen-bond donors (Lipinski definition) is 1. The molecule has 0 aliphatic carbocycles. The van der Waals surface area contributed by atoms with Crippen molar-refractivity contribution < 1.29 is 13.2 Å². The Morgan fingerprint density at radius 2 is 2.17 bits per heavy atom. The highest BCUT2D eigenvalue weighted by Gasteiger charge is 2.12. The molecule has 0 saturated carbocycles. The average molecular weight is 266 g/mol. The van der Waals surface area contributed by atoms with E-state index in [9.17, 15) is 8.42 Å². The van der Waals surface area contributed by atoms with Gasteiger partial charge in [-0.3, -0.25) is 9.71 Å². The van der Waals surface area contributed by atoms with Crippen molar-refractivity contribution in [2.24, 2.45) is 0 Å². The molecular formula is C12H14N2O3S. The van der Waals surface area contributed by atoms with Crippen molar-refractivity contribution in [2.45, 2.75) is 6.92 Å². The molecule has 0 saturated heterocycles. The van der Waals surface area contributed by atoms with Gasteiger partial charge in [0, 0.05) is 17.6 Å². The maximum atomic E-state index is 11.6. The molecule has 2 rings (SSSR count). The first kappa shape index (κ1) is 12.6. The number of fused-ring (bicyclic) bond motifs is 1. The largest absolute Gasteiger partial charge is 0.497 e. The van der Waals surface area contributed by atoms with Crippen molar-refractivity contribution in [3.63, 3.8) is 0 Å². The highest BCUT2D eigenvalue weighted by Crippen LogP contribution is 2.28. The average Bonchev–Trinajstić information content (AvgIpc) is 2.38. The first-order valence-corrected chi connectivity index (χ1v) is 7.14. The minimum Gasteiger partial charge on any atom is -0.497 e. The van der Waals surface area contributed by atoms with E-state index in [0.717, 1.165) is 5.39 Å². The minimum atomic E-state index is -3.33. The van der Waals surface area contributed by atoms with Crippen LogP contribution >= 0.6 is 0 Å². The van der Waals surface area contributed by atoms with E-state index in [0.29, 0.717) is 17.0 Å². The molecule has 1 aromatic carbocycles. The van der Waals surface area contributed by atoms with E-state index >= 15 is 0 Å². The first-order valence-electron chi connectivity index (χ1n) is 5.49. The van der Waals surface area contributed by atoms with Crippen molar-refractivity contribution in [1.29, 1.82) is 0 Å². The SMILES string of the molecule is CCS(=O)(=O)Nc1cc(OC)cc2cccnc12. The van der Waals surface area contributed by atoms with Gasteiger partial charge in [-0.05, 0) is 19.1 Å². The number of hydrogen-bond acceptors (Lipinski definition) is 4. The quantitative estimate of drug-likeness (QED) is 0.919. The number of ether oxygens (including phenoxy) is 1. The summed E-state index contributed by atoms with van der Waals surface area (Å²) in [5.41, 5.74) is 1.04. The summed E-state index contributed by atoms with van der Waals surface area (Å²) in [5, 5.41) is 0.825. The van der Waals surface area contributed by atoms with Gasteiger partial charge >= 0.3 is 0 Å². The van der Waals surface area contributed by atoms with Crippen LogP contribution in [-0.2, 0) is 10.0 Å². The van der Waals surface area contributed by atoms with E-state index in [4.69, 9.17) is 4.74 Å². The Morgan fingerprint density at radius 1 is 1.39 bits per heavy atom. The number of aromatic nitrogens is 1. The van der Waals surface area contributed by atoms with E-state index in [-0.39, 0.29) is 5.75 Å². The molecule has 6 heteroatoms. The highest BCUT2D eigenvalue weighted by molar-refractivity contribution is 7.92. The molecule has 1 heterocycles. The van der Waals surface area contributed by atoms with Gasteiger partial charge in [0.1, 0.15) is 5.75 Å². The molecule has 1 N–H and O–H groups in total. The van der Waals surface area contributed by atoms with Gasteiger partial charge in [0.25, 0.3) is 0 Å². The second-order valence-corrected chi connectivity index (χ2v) is 5.77. The maximum Gasteiger partial charge on any atom is 0.232 e. The lowest BCUT2D eigenvalue weighted by molar-refractivity contribution is 0.415. The first-order chi connectivity index (χ1) is 8.55. The lowest BCUT2D eigenvalue weighted by atomic mass is 10.2. The molecule has 0 amide bonds. The van der Waals surface area contributed by atoms with Crippen molar-refractivity contribution in [1.82, 2.24) is 4.98 Å². The standard InChI is InChI=1S/C12H14N2O3S/c1-3-18(15,16)14-11-8-10(17-2)7-9-5-4-6-13-12(9)11/h4-8,14H,3H2,1-2H3. The smallest absolute Gasteiger partial charge is 0.232 e. The van der Waals surface area contributed by atoms with Gasteiger partial charge in [0.05, 0.1) is 24.1 Å². The lowest BCUT2D eigenvalue weighted by Gasteiger charge is -2.10. The van der Waals surface area contributed by atoms with E-state index < -0.39 is 10.0 Å². The predicted octanol–water partition coefficient (Wildman–Crippen LogP) is 2.00. The van der Waals surface area contributed by atoms with E-state index in [1.807, 2.05) is 12.1 Å². The summed E-state index contributed by atoms with van der Waals surface area (Å²) >= 11 is 0. The third-order valence-corrected chi connectivity index (χ3v) is 3.85. The molecule has 1 aromatic heterocycles. The fourth-order valence-electron chi connectivity index (χ4n) is 1.60. The zero-order valence-corrected chi connectivity index (χ0v) is 11.0. The van der Waals surface area contributed by atoms with Crippen LogP contribution in [0.2, 0.25) is 0 Å². The molecular weight excluding hydrogens is 252 g/mol. The minimum absolute atomic E-state index is 0.0124. The number of sulfonamides is 1. The molecule has 0 aliphatic rings. The van der Waals surface area contributed by atoms with Crippen LogP contribution in [0.5, 0.6) is 5.75 Å². The summed E-state index contributed by atoms with van der Waals surface area (Å²) in [6, 6.07) is 7.09. The fraction of sp³-hybridized carbons (Fsp3) is 0.250. The number of benzene rings is 1. The van der Waals surface area contributed by atoms with Gasteiger partial charge in [-0.1, -0.05) is 6.07 Å². The Hall–Kier alpha value is -1.82. The highest BCUT2D eigenvalue weighted by atomic mass is 32.2. The van der Waals surface area contributed by atoms with Crippen molar-refractivity contribution in [3.8, 4) is 5.75 Å². The van der Waals surface area contributed by atoms with E-state index in [1.165, 1.54) is 7.11 Å². The molecule has 0 unspecified atom stereocenters. The molecule has 0 radical (unpaired) electrons. The normalized spacial score (nSPS) is 11.4. The number of pyridine rings is 1. The predicted molar refractivity (Wildman–Crippen MR) is 71.4 cm³/mol. The molecule has 2 aromatic rings. The number of nitrogens with one attached hydrogen (secondary N) is 1. The third-order valence-electron chi connectivity index (χ3n) is 2.56. The van der Waals surface area contributed by atoms with Gasteiger partial charge in [0.2, 0.25) is 10.0 Å². The van der Waals surface area contributed by atoms with Crippen molar-refractivity contribution in [3.05, 3.63) is 30.5 Å². The van der Waals surface area contributed by atoms with Crippen molar-refractivity contribution in [2.75, 3.05) is 17.6 Å². The summed E-state index contributed by atoms with van der Waals surface area (Å²) in [7, 11) is -1.80. The van der Waals surface area contributed by atoms with E-state index in [2.05, 4.69) is 9.71 Å². The van der Waals surface area contributed by atoms with Gasteiger partial charge in [0.15, 0.2) is 0 Å². The van der Waals surface area contributed by atoms with Crippen molar-refractivity contribution >= 4 is 26.6 Å². The van der Waals surface area contributed by atoms with Crippen LogP contribution in [0, 0.1) is 0 Å². The molecule has 96 valence electrons. The second-order valence-electron chi connectivity index (χ2n) is 3.76. The monoisotopic (exact) mass is 266 g/mol. The van der Waals surface area contributed by atoms with Crippen LogP contribution < -0.4 is 9.46 Å². The summed E-state index contributed by atoms with van der Waals surface area (Å²) in [4.78, 5) is 4.19. The Kier molecular flexibility index (Phi) is 3.38. The van der Waals surface area contributed by atoms with Gasteiger partial charge in [-0.25, -0.2) is 8.42 Å². The van der Waals surface area contributed by atoms with Gasteiger partial charge in [-0.2, -0.15) is 0 Å². The number of rotatable bonds is 4. The third kappa shape index (κ3) is 2.53. The summed E-state index contributed by atoms with van der Waals surface area (Å²) < 4.78 is 30.9. The van der Waals surface area contributed by atoms with E-state index in [1.54, 1.807) is 25.3 Å². The van der Waals surface area contributed by atoms with Crippen LogP contribution in [0.25, 0.3) is 10.9 Å². The van der Waals surface area contributed by atoms with Gasteiger partial charge in [-0.15, -0.1) is 0 Å². The molecule has 18 heavy (non-hydrogen) atoms.